The number of aromatic nitrogens is 1. The van der Waals surface area contributed by atoms with Crippen molar-refractivity contribution in [3.63, 3.8) is 0 Å². The van der Waals surface area contributed by atoms with Crippen molar-refractivity contribution in [1.29, 1.82) is 0 Å². The molecule has 0 radical (unpaired) electrons. The first-order valence-electron chi connectivity index (χ1n) is 5.87. The highest BCUT2D eigenvalue weighted by molar-refractivity contribution is 6.16. The van der Waals surface area contributed by atoms with Crippen molar-refractivity contribution in [3.8, 4) is 5.75 Å². The molecule has 4 heteroatoms. The van der Waals surface area contributed by atoms with Gasteiger partial charge in [-0.1, -0.05) is 0 Å². The van der Waals surface area contributed by atoms with Gasteiger partial charge in [-0.3, -0.25) is 4.79 Å². The number of hydrogen-bond donors (Lipinski definition) is 0. The van der Waals surface area contributed by atoms with Crippen molar-refractivity contribution in [2.24, 2.45) is 7.05 Å². The lowest BCUT2D eigenvalue weighted by Crippen LogP contribution is -1.92. The Hall–Kier alpha value is -2.36. The smallest absolute Gasteiger partial charge is 0.150 e. The summed E-state index contributed by atoms with van der Waals surface area (Å²) >= 11 is 0. The fourth-order valence-corrected chi connectivity index (χ4v) is 2.59. The van der Waals surface area contributed by atoms with Gasteiger partial charge in [0.2, 0.25) is 0 Å². The third-order valence-electron chi connectivity index (χ3n) is 3.44. The quantitative estimate of drug-likeness (QED) is 0.660. The Kier molecular flexibility index (Phi) is 2.52. The molecule has 0 bridgehead atoms. The normalized spacial score (nSPS) is 11.1. The highest BCUT2D eigenvalue weighted by Gasteiger charge is 2.16. The second-order valence-corrected chi connectivity index (χ2v) is 4.42. The maximum Gasteiger partial charge on any atom is 0.150 e. The van der Waals surface area contributed by atoms with Crippen molar-refractivity contribution in [3.05, 3.63) is 41.7 Å². The predicted octanol–water partition coefficient (Wildman–Crippen LogP) is 3.29. The van der Waals surface area contributed by atoms with Crippen LogP contribution >= 0.6 is 0 Å². The average Bonchev–Trinajstić information content (AvgIpc) is 2.72. The Balaban J connectivity index is 2.64. The van der Waals surface area contributed by atoms with Crippen LogP contribution in [-0.2, 0) is 7.05 Å². The highest BCUT2D eigenvalue weighted by Crippen LogP contribution is 2.36. The predicted molar refractivity (Wildman–Crippen MR) is 72.3 cm³/mol. The Labute approximate surface area is 109 Å². The minimum absolute atomic E-state index is 0.320. The van der Waals surface area contributed by atoms with E-state index in [1.807, 2.05) is 11.6 Å². The lowest BCUT2D eigenvalue weighted by atomic mass is 10.1. The lowest BCUT2D eigenvalue weighted by molar-refractivity contribution is 0.112. The molecule has 3 aromatic rings. The van der Waals surface area contributed by atoms with Crippen LogP contribution in [0.25, 0.3) is 21.8 Å². The number of aldehydes is 1. The van der Waals surface area contributed by atoms with E-state index in [9.17, 15) is 9.18 Å². The Morgan fingerprint density at radius 3 is 2.74 bits per heavy atom. The highest BCUT2D eigenvalue weighted by atomic mass is 19.1. The van der Waals surface area contributed by atoms with Crippen molar-refractivity contribution in [2.75, 3.05) is 7.11 Å². The summed E-state index contributed by atoms with van der Waals surface area (Å²) in [6, 6.07) is 8.01. The zero-order valence-corrected chi connectivity index (χ0v) is 10.6. The summed E-state index contributed by atoms with van der Waals surface area (Å²) in [4.78, 5) is 11.2. The number of halogens is 1. The van der Waals surface area contributed by atoms with Gasteiger partial charge < -0.3 is 9.30 Å². The molecule has 0 unspecified atom stereocenters. The fraction of sp³-hybridized carbons (Fsp3) is 0.133. The number of hydrogen-bond acceptors (Lipinski definition) is 2. The molecular weight excluding hydrogens is 245 g/mol. The monoisotopic (exact) mass is 257 g/mol. The summed E-state index contributed by atoms with van der Waals surface area (Å²) in [5, 5.41) is 1.45. The van der Waals surface area contributed by atoms with Crippen molar-refractivity contribution < 1.29 is 13.9 Å². The molecule has 0 N–H and O–H groups in total. The molecule has 0 amide bonds. The van der Waals surface area contributed by atoms with Crippen LogP contribution in [0.2, 0.25) is 0 Å². The fourth-order valence-electron chi connectivity index (χ4n) is 2.59. The SMILES string of the molecule is COc1ccc(C=O)c2c3cc(F)ccc3n(C)c12. The van der Waals surface area contributed by atoms with Gasteiger partial charge in [-0.25, -0.2) is 4.39 Å². The standard InChI is InChI=1S/C15H12FNO2/c1-17-12-5-4-10(16)7-11(12)14-9(8-18)3-6-13(19-2)15(14)17/h3-8H,1-2H3. The number of fused-ring (bicyclic) bond motifs is 3. The number of benzene rings is 2. The minimum Gasteiger partial charge on any atom is -0.495 e. The van der Waals surface area contributed by atoms with Gasteiger partial charge in [0, 0.05) is 28.9 Å². The van der Waals surface area contributed by atoms with Crippen LogP contribution < -0.4 is 4.74 Å². The second-order valence-electron chi connectivity index (χ2n) is 4.42. The summed E-state index contributed by atoms with van der Waals surface area (Å²) in [7, 11) is 3.45. The third-order valence-corrected chi connectivity index (χ3v) is 3.44. The summed E-state index contributed by atoms with van der Waals surface area (Å²) < 4.78 is 20.7. The van der Waals surface area contributed by atoms with E-state index in [-0.39, 0.29) is 5.82 Å². The number of ether oxygens (including phenoxy) is 1. The molecule has 1 heterocycles. The average molecular weight is 257 g/mol. The zero-order valence-electron chi connectivity index (χ0n) is 10.6. The van der Waals surface area contributed by atoms with Crippen LogP contribution in [0.4, 0.5) is 4.39 Å². The van der Waals surface area contributed by atoms with Gasteiger partial charge in [0.05, 0.1) is 12.6 Å². The Morgan fingerprint density at radius 1 is 1.26 bits per heavy atom. The molecule has 0 saturated heterocycles. The molecule has 96 valence electrons. The van der Waals surface area contributed by atoms with Crippen LogP contribution in [0, 0.1) is 5.82 Å². The number of carbonyl (C=O) groups is 1. The Morgan fingerprint density at radius 2 is 2.05 bits per heavy atom. The first-order valence-corrected chi connectivity index (χ1v) is 5.87. The number of aryl methyl sites for hydroxylation is 1. The molecule has 2 aromatic carbocycles. The van der Waals surface area contributed by atoms with Crippen LogP contribution in [0.3, 0.4) is 0 Å². The van der Waals surface area contributed by atoms with Gasteiger partial charge in [0.1, 0.15) is 11.6 Å². The largest absolute Gasteiger partial charge is 0.495 e. The van der Waals surface area contributed by atoms with Gasteiger partial charge in [-0.15, -0.1) is 0 Å². The maximum atomic E-state index is 13.5. The van der Waals surface area contributed by atoms with Crippen molar-refractivity contribution in [1.82, 2.24) is 4.57 Å². The van der Waals surface area contributed by atoms with Gasteiger partial charge in [0.25, 0.3) is 0 Å². The van der Waals surface area contributed by atoms with E-state index in [1.54, 1.807) is 25.3 Å². The second kappa shape index (κ2) is 4.09. The van der Waals surface area contributed by atoms with Gasteiger partial charge in [-0.05, 0) is 30.3 Å². The van der Waals surface area contributed by atoms with Crippen LogP contribution in [0.5, 0.6) is 5.75 Å². The molecule has 0 saturated carbocycles. The van der Waals surface area contributed by atoms with E-state index in [4.69, 9.17) is 4.74 Å². The topological polar surface area (TPSA) is 31.2 Å². The molecule has 0 aliphatic rings. The van der Waals surface area contributed by atoms with Gasteiger partial charge in [-0.2, -0.15) is 0 Å². The van der Waals surface area contributed by atoms with E-state index in [0.29, 0.717) is 11.3 Å². The summed E-state index contributed by atoms with van der Waals surface area (Å²) in [5.74, 6) is 0.347. The van der Waals surface area contributed by atoms with E-state index in [2.05, 4.69) is 0 Å². The van der Waals surface area contributed by atoms with Gasteiger partial charge in [0.15, 0.2) is 6.29 Å². The Bertz CT molecular complexity index is 805. The first kappa shape index (κ1) is 11.7. The maximum absolute atomic E-state index is 13.5. The molecule has 3 nitrogen and oxygen atoms in total. The minimum atomic E-state index is -0.320. The molecule has 0 aliphatic carbocycles. The molecule has 0 aliphatic heterocycles. The van der Waals surface area contributed by atoms with Crippen LogP contribution in [-0.4, -0.2) is 18.0 Å². The summed E-state index contributed by atoms with van der Waals surface area (Å²) in [6.45, 7) is 0. The van der Waals surface area contributed by atoms with E-state index in [1.165, 1.54) is 12.1 Å². The summed E-state index contributed by atoms with van der Waals surface area (Å²) in [5.41, 5.74) is 2.20. The van der Waals surface area contributed by atoms with Crippen LogP contribution in [0.1, 0.15) is 10.4 Å². The molecule has 19 heavy (non-hydrogen) atoms. The third kappa shape index (κ3) is 1.53. The first-order chi connectivity index (χ1) is 9.17. The zero-order chi connectivity index (χ0) is 13.6. The number of carbonyl (C=O) groups excluding carboxylic acids is 1. The molecule has 0 atom stereocenters. The number of rotatable bonds is 2. The molecule has 3 rings (SSSR count). The number of methoxy groups -OCH3 is 1. The van der Waals surface area contributed by atoms with E-state index < -0.39 is 0 Å². The van der Waals surface area contributed by atoms with E-state index >= 15 is 0 Å². The lowest BCUT2D eigenvalue weighted by Gasteiger charge is -2.05. The molecular formula is C15H12FNO2. The van der Waals surface area contributed by atoms with Crippen LogP contribution in [0.15, 0.2) is 30.3 Å². The number of nitrogens with zero attached hydrogens (tertiary/aromatic N) is 1. The summed E-state index contributed by atoms with van der Waals surface area (Å²) in [6.07, 6.45) is 0.784. The molecule has 0 spiro atoms. The van der Waals surface area contributed by atoms with Crippen molar-refractivity contribution in [2.45, 2.75) is 0 Å². The van der Waals surface area contributed by atoms with Gasteiger partial charge >= 0.3 is 0 Å². The molecule has 0 fully saturated rings. The van der Waals surface area contributed by atoms with Crippen molar-refractivity contribution >= 4 is 28.1 Å². The van der Waals surface area contributed by atoms with E-state index in [0.717, 1.165) is 28.1 Å². The molecule has 1 aromatic heterocycles.